The maximum absolute atomic E-state index is 12.1. The lowest BCUT2D eigenvalue weighted by atomic mass is 10.2. The van der Waals surface area contributed by atoms with Crippen LogP contribution in [0.3, 0.4) is 0 Å². The van der Waals surface area contributed by atoms with Gasteiger partial charge in [0.25, 0.3) is 0 Å². The second-order valence-electron chi connectivity index (χ2n) is 6.16. The van der Waals surface area contributed by atoms with Gasteiger partial charge >= 0.3 is 5.97 Å². The second-order valence-corrected chi connectivity index (χ2v) is 6.16. The van der Waals surface area contributed by atoms with E-state index < -0.39 is 5.60 Å². The fraction of sp³-hybridized carbons (Fsp3) is 0.929. The summed E-state index contributed by atoms with van der Waals surface area (Å²) >= 11 is 0. The zero-order valence-corrected chi connectivity index (χ0v) is 12.7. The highest BCUT2D eigenvalue weighted by Gasteiger charge is 2.27. The van der Waals surface area contributed by atoms with Gasteiger partial charge in [0.1, 0.15) is 11.6 Å². The Morgan fingerprint density at radius 3 is 2.53 bits per heavy atom. The normalized spacial score (nSPS) is 20.9. The van der Waals surface area contributed by atoms with Crippen molar-refractivity contribution in [1.29, 1.82) is 0 Å². The first-order valence-corrected chi connectivity index (χ1v) is 7.13. The Kier molecular flexibility index (Phi) is 6.23. The Morgan fingerprint density at radius 2 is 1.95 bits per heavy atom. The predicted molar refractivity (Wildman–Crippen MR) is 75.0 cm³/mol. The number of carbonyl (C=O) groups is 1. The molecule has 5 nitrogen and oxygen atoms in total. The van der Waals surface area contributed by atoms with Crippen LogP contribution < -0.4 is 0 Å². The zero-order valence-electron chi connectivity index (χ0n) is 12.7. The molecule has 0 aliphatic carbocycles. The van der Waals surface area contributed by atoms with Crippen molar-refractivity contribution in [1.82, 2.24) is 9.80 Å². The highest BCUT2D eigenvalue weighted by molar-refractivity contribution is 5.75. The fourth-order valence-electron chi connectivity index (χ4n) is 2.28. The number of β-amino-alcohol motifs (C(OH)–C–C–N with tert-alkyl or cyclic N) is 1. The summed E-state index contributed by atoms with van der Waals surface area (Å²) in [7, 11) is 0. The quantitative estimate of drug-likeness (QED) is 0.764. The third-order valence-corrected chi connectivity index (χ3v) is 3.33. The van der Waals surface area contributed by atoms with Crippen molar-refractivity contribution < 1.29 is 14.6 Å². The lowest BCUT2D eigenvalue weighted by Gasteiger charge is -2.29. The molecule has 0 spiro atoms. The molecule has 0 aromatic carbocycles. The first-order valence-electron chi connectivity index (χ1n) is 7.13. The molecular weight excluding hydrogens is 244 g/mol. The number of hydrogen-bond acceptors (Lipinski definition) is 5. The third kappa shape index (κ3) is 5.89. The summed E-state index contributed by atoms with van der Waals surface area (Å²) in [6.45, 7) is 12.1. The summed E-state index contributed by atoms with van der Waals surface area (Å²) in [6.07, 6.45) is 1.02. The number of rotatable bonds is 4. The summed E-state index contributed by atoms with van der Waals surface area (Å²) in [5.74, 6) is -0.150. The first-order chi connectivity index (χ1) is 8.83. The molecule has 0 aromatic rings. The number of aliphatic hydroxyl groups is 1. The molecule has 112 valence electrons. The van der Waals surface area contributed by atoms with E-state index in [1.165, 1.54) is 0 Å². The summed E-state index contributed by atoms with van der Waals surface area (Å²) in [4.78, 5) is 16.5. The van der Waals surface area contributed by atoms with Crippen molar-refractivity contribution in [3.63, 3.8) is 0 Å². The largest absolute Gasteiger partial charge is 0.459 e. The minimum absolute atomic E-state index is 0.150. The minimum atomic E-state index is -0.430. The standard InChI is InChI=1S/C14H28N2O3/c1-12(13(18)19-14(2,3)4)16-7-5-6-15(8-9-16)10-11-17/h12,17H,5-11H2,1-4H3. The molecule has 1 rings (SSSR count). The Hall–Kier alpha value is -0.650. The fourth-order valence-corrected chi connectivity index (χ4v) is 2.28. The average Bonchev–Trinajstić information content (AvgIpc) is 2.52. The molecule has 1 N–H and O–H groups in total. The van der Waals surface area contributed by atoms with Gasteiger partial charge in [0.15, 0.2) is 0 Å². The predicted octanol–water partition coefficient (Wildman–Crippen LogP) is 0.717. The van der Waals surface area contributed by atoms with Crippen LogP contribution in [0.5, 0.6) is 0 Å². The van der Waals surface area contributed by atoms with Crippen LogP contribution in [0.25, 0.3) is 0 Å². The van der Waals surface area contributed by atoms with Crippen LogP contribution in [0.15, 0.2) is 0 Å². The van der Waals surface area contributed by atoms with Gasteiger partial charge in [-0.3, -0.25) is 14.6 Å². The molecule has 1 aliphatic rings. The van der Waals surface area contributed by atoms with Crippen molar-refractivity contribution in [2.45, 2.75) is 45.8 Å². The molecule has 1 saturated heterocycles. The third-order valence-electron chi connectivity index (χ3n) is 3.33. The van der Waals surface area contributed by atoms with Crippen LogP contribution in [-0.2, 0) is 9.53 Å². The van der Waals surface area contributed by atoms with E-state index in [2.05, 4.69) is 9.80 Å². The molecule has 0 radical (unpaired) electrons. The molecule has 19 heavy (non-hydrogen) atoms. The smallest absolute Gasteiger partial charge is 0.323 e. The molecule has 0 amide bonds. The van der Waals surface area contributed by atoms with E-state index in [-0.39, 0.29) is 18.6 Å². The lowest BCUT2D eigenvalue weighted by molar-refractivity contribution is -0.160. The van der Waals surface area contributed by atoms with E-state index in [9.17, 15) is 4.79 Å². The van der Waals surface area contributed by atoms with Gasteiger partial charge in [0, 0.05) is 26.2 Å². The summed E-state index contributed by atoms with van der Waals surface area (Å²) < 4.78 is 5.43. The SMILES string of the molecule is CC(C(=O)OC(C)(C)C)N1CCCN(CCO)CC1. The van der Waals surface area contributed by atoms with Crippen LogP contribution in [0, 0.1) is 0 Å². The van der Waals surface area contributed by atoms with Crippen molar-refractivity contribution in [2.75, 3.05) is 39.3 Å². The highest BCUT2D eigenvalue weighted by Crippen LogP contribution is 2.13. The number of aliphatic hydroxyl groups excluding tert-OH is 1. The van der Waals surface area contributed by atoms with Gasteiger partial charge < -0.3 is 9.84 Å². The molecule has 1 fully saturated rings. The van der Waals surface area contributed by atoms with Crippen molar-refractivity contribution >= 4 is 5.97 Å². The molecule has 5 heteroatoms. The maximum atomic E-state index is 12.1. The molecule has 1 heterocycles. The highest BCUT2D eigenvalue weighted by atomic mass is 16.6. The monoisotopic (exact) mass is 272 g/mol. The van der Waals surface area contributed by atoms with Crippen LogP contribution in [-0.4, -0.2) is 71.8 Å². The van der Waals surface area contributed by atoms with Gasteiger partial charge in [-0.05, 0) is 40.7 Å². The Balaban J connectivity index is 2.48. The van der Waals surface area contributed by atoms with E-state index in [1.54, 1.807) is 0 Å². The molecule has 0 aromatic heterocycles. The van der Waals surface area contributed by atoms with E-state index in [1.807, 2.05) is 27.7 Å². The summed E-state index contributed by atoms with van der Waals surface area (Å²) in [5, 5.41) is 8.97. The number of carbonyl (C=O) groups excluding carboxylic acids is 1. The van der Waals surface area contributed by atoms with Crippen molar-refractivity contribution in [3.8, 4) is 0 Å². The van der Waals surface area contributed by atoms with E-state index in [4.69, 9.17) is 9.84 Å². The van der Waals surface area contributed by atoms with Gasteiger partial charge in [-0.15, -0.1) is 0 Å². The number of hydrogen-bond donors (Lipinski definition) is 1. The van der Waals surface area contributed by atoms with Crippen molar-refractivity contribution in [2.24, 2.45) is 0 Å². The summed E-state index contributed by atoms with van der Waals surface area (Å²) in [6, 6.07) is -0.201. The van der Waals surface area contributed by atoms with Gasteiger partial charge in [-0.2, -0.15) is 0 Å². The van der Waals surface area contributed by atoms with Gasteiger partial charge in [-0.1, -0.05) is 0 Å². The zero-order chi connectivity index (χ0) is 14.5. The molecule has 0 saturated carbocycles. The summed E-state index contributed by atoms with van der Waals surface area (Å²) in [5.41, 5.74) is -0.430. The Bertz CT molecular complexity index is 289. The second kappa shape index (κ2) is 7.22. The van der Waals surface area contributed by atoms with E-state index in [0.717, 1.165) is 32.6 Å². The van der Waals surface area contributed by atoms with E-state index >= 15 is 0 Å². The van der Waals surface area contributed by atoms with E-state index in [0.29, 0.717) is 6.54 Å². The lowest BCUT2D eigenvalue weighted by Crippen LogP contribution is -2.44. The minimum Gasteiger partial charge on any atom is -0.459 e. The topological polar surface area (TPSA) is 53.0 Å². The van der Waals surface area contributed by atoms with Crippen molar-refractivity contribution in [3.05, 3.63) is 0 Å². The molecular formula is C14H28N2O3. The van der Waals surface area contributed by atoms with Crippen LogP contribution >= 0.6 is 0 Å². The van der Waals surface area contributed by atoms with Crippen LogP contribution in [0.2, 0.25) is 0 Å². The molecule has 1 aliphatic heterocycles. The number of nitrogens with zero attached hydrogens (tertiary/aromatic N) is 2. The van der Waals surface area contributed by atoms with Crippen LogP contribution in [0.1, 0.15) is 34.1 Å². The number of ether oxygens (including phenoxy) is 1. The first kappa shape index (κ1) is 16.4. The van der Waals surface area contributed by atoms with Gasteiger partial charge in [-0.25, -0.2) is 0 Å². The number of esters is 1. The maximum Gasteiger partial charge on any atom is 0.323 e. The van der Waals surface area contributed by atoms with Gasteiger partial charge in [0.2, 0.25) is 0 Å². The van der Waals surface area contributed by atoms with Gasteiger partial charge in [0.05, 0.1) is 6.61 Å². The average molecular weight is 272 g/mol. The molecule has 0 bridgehead atoms. The molecule has 1 unspecified atom stereocenters. The Morgan fingerprint density at radius 1 is 1.26 bits per heavy atom. The molecule has 1 atom stereocenters. The Labute approximate surface area is 116 Å². The van der Waals surface area contributed by atoms with Crippen LogP contribution in [0.4, 0.5) is 0 Å².